The third kappa shape index (κ3) is 1.55. The number of rotatable bonds is 1. The number of carboxylic acid groups (broad SMARTS) is 1. The van der Waals surface area contributed by atoms with E-state index < -0.39 is 11.4 Å². The molecular weight excluding hydrogens is 256 g/mol. The van der Waals surface area contributed by atoms with Gasteiger partial charge >= 0.3 is 5.97 Å². The highest BCUT2D eigenvalue weighted by molar-refractivity contribution is 5.95. The maximum atomic E-state index is 12.4. The van der Waals surface area contributed by atoms with Gasteiger partial charge in [0.05, 0.1) is 22.5 Å². The van der Waals surface area contributed by atoms with Crippen LogP contribution in [0.3, 0.4) is 0 Å². The van der Waals surface area contributed by atoms with Crippen LogP contribution < -0.4 is 5.43 Å². The normalized spacial score (nSPS) is 16.9. The topological polar surface area (TPSA) is 83.1 Å². The van der Waals surface area contributed by atoms with Crippen LogP contribution in [0.1, 0.15) is 40.9 Å². The molecular formula is C15H12N2O3. The van der Waals surface area contributed by atoms with E-state index in [9.17, 15) is 20.0 Å². The van der Waals surface area contributed by atoms with E-state index in [0.717, 1.165) is 18.4 Å². The van der Waals surface area contributed by atoms with E-state index in [4.69, 9.17) is 0 Å². The van der Waals surface area contributed by atoms with Crippen LogP contribution in [0.4, 0.5) is 0 Å². The molecule has 1 aromatic heterocycles. The Kier molecular flexibility index (Phi) is 2.61. The summed E-state index contributed by atoms with van der Waals surface area (Å²) in [7, 11) is 0. The Hall–Kier alpha value is -2.61. The van der Waals surface area contributed by atoms with E-state index in [1.807, 2.05) is 23.6 Å². The summed E-state index contributed by atoms with van der Waals surface area (Å²) in [5, 5.41) is 18.6. The molecule has 1 aliphatic rings. The van der Waals surface area contributed by atoms with Crippen molar-refractivity contribution in [2.24, 2.45) is 0 Å². The largest absolute Gasteiger partial charge is 0.477 e. The summed E-state index contributed by atoms with van der Waals surface area (Å²) in [4.78, 5) is 23.6. The molecule has 0 saturated carbocycles. The Labute approximate surface area is 114 Å². The van der Waals surface area contributed by atoms with Crippen LogP contribution in [0.15, 0.2) is 23.1 Å². The zero-order valence-electron chi connectivity index (χ0n) is 10.9. The van der Waals surface area contributed by atoms with E-state index in [2.05, 4.69) is 0 Å². The minimum atomic E-state index is -1.26. The van der Waals surface area contributed by atoms with Crippen molar-refractivity contribution in [3.8, 4) is 6.07 Å². The molecule has 2 aromatic rings. The van der Waals surface area contributed by atoms with Gasteiger partial charge in [-0.2, -0.15) is 5.26 Å². The lowest BCUT2D eigenvalue weighted by atomic mass is 9.94. The fourth-order valence-corrected chi connectivity index (χ4v) is 2.85. The monoisotopic (exact) mass is 268 g/mol. The zero-order valence-corrected chi connectivity index (χ0v) is 10.9. The van der Waals surface area contributed by atoms with Crippen molar-refractivity contribution in [1.82, 2.24) is 4.57 Å². The van der Waals surface area contributed by atoms with Gasteiger partial charge in [-0.3, -0.25) is 4.79 Å². The van der Waals surface area contributed by atoms with Crippen molar-refractivity contribution in [1.29, 1.82) is 5.26 Å². The quantitative estimate of drug-likeness (QED) is 0.858. The van der Waals surface area contributed by atoms with Crippen LogP contribution in [-0.4, -0.2) is 15.6 Å². The summed E-state index contributed by atoms with van der Waals surface area (Å²) in [5.74, 6) is -1.26. The molecule has 0 fully saturated rings. The first-order chi connectivity index (χ1) is 9.54. The number of carboxylic acids is 1. The molecule has 1 aliphatic heterocycles. The van der Waals surface area contributed by atoms with Gasteiger partial charge in [0.2, 0.25) is 5.43 Å². The highest BCUT2D eigenvalue weighted by atomic mass is 16.4. The number of benzene rings is 1. The standard InChI is InChI=1S/C15H12N2O3/c1-8-2-3-9-4-5-10(6-16)12-13(9)17(8)7-11(14(12)18)15(19)20/h4-5,7-8H,2-3H2,1H3,(H,19,20). The molecule has 5 heteroatoms. The highest BCUT2D eigenvalue weighted by Gasteiger charge is 2.24. The van der Waals surface area contributed by atoms with Crippen LogP contribution in [0.25, 0.3) is 10.9 Å². The Morgan fingerprint density at radius 2 is 2.25 bits per heavy atom. The average Bonchev–Trinajstić information content (AvgIpc) is 2.44. The number of hydrogen-bond acceptors (Lipinski definition) is 3. The van der Waals surface area contributed by atoms with Gasteiger partial charge in [-0.25, -0.2) is 4.79 Å². The minimum absolute atomic E-state index is 0.109. The van der Waals surface area contributed by atoms with Gasteiger partial charge < -0.3 is 9.67 Å². The van der Waals surface area contributed by atoms with Gasteiger partial charge in [0.1, 0.15) is 5.56 Å². The maximum Gasteiger partial charge on any atom is 0.341 e. The van der Waals surface area contributed by atoms with Crippen molar-refractivity contribution in [2.75, 3.05) is 0 Å². The molecule has 5 nitrogen and oxygen atoms in total. The highest BCUT2D eigenvalue weighted by Crippen LogP contribution is 2.31. The van der Waals surface area contributed by atoms with Crippen LogP contribution in [0, 0.1) is 11.3 Å². The predicted molar refractivity (Wildman–Crippen MR) is 72.9 cm³/mol. The molecule has 1 atom stereocenters. The van der Waals surface area contributed by atoms with Crippen molar-refractivity contribution in [2.45, 2.75) is 25.8 Å². The second-order valence-electron chi connectivity index (χ2n) is 5.08. The van der Waals surface area contributed by atoms with Gasteiger partial charge in [-0.05, 0) is 31.4 Å². The van der Waals surface area contributed by atoms with Gasteiger partial charge in [0.25, 0.3) is 0 Å². The summed E-state index contributed by atoms with van der Waals surface area (Å²) in [6.45, 7) is 1.98. The van der Waals surface area contributed by atoms with Gasteiger partial charge in [-0.1, -0.05) is 6.07 Å². The van der Waals surface area contributed by atoms with Crippen molar-refractivity contribution >= 4 is 16.9 Å². The molecule has 0 radical (unpaired) electrons. The summed E-state index contributed by atoms with van der Waals surface area (Å²) in [6, 6.07) is 5.55. The third-order valence-electron chi connectivity index (χ3n) is 3.92. The average molecular weight is 268 g/mol. The molecule has 100 valence electrons. The lowest BCUT2D eigenvalue weighted by molar-refractivity contribution is 0.0694. The van der Waals surface area contributed by atoms with E-state index in [1.54, 1.807) is 6.07 Å². The minimum Gasteiger partial charge on any atom is -0.477 e. The molecule has 3 rings (SSSR count). The molecule has 0 bridgehead atoms. The van der Waals surface area contributed by atoms with Crippen LogP contribution >= 0.6 is 0 Å². The fourth-order valence-electron chi connectivity index (χ4n) is 2.85. The van der Waals surface area contributed by atoms with Crippen LogP contribution in [-0.2, 0) is 6.42 Å². The smallest absolute Gasteiger partial charge is 0.341 e. The maximum absolute atomic E-state index is 12.4. The molecule has 0 amide bonds. The first-order valence-corrected chi connectivity index (χ1v) is 6.38. The lowest BCUT2D eigenvalue weighted by Gasteiger charge is -2.26. The Morgan fingerprint density at radius 1 is 1.50 bits per heavy atom. The predicted octanol–water partition coefficient (Wildman–Crippen LogP) is 2.08. The van der Waals surface area contributed by atoms with Crippen LogP contribution in [0.2, 0.25) is 0 Å². The van der Waals surface area contributed by atoms with E-state index >= 15 is 0 Å². The number of nitrogens with zero attached hydrogens (tertiary/aromatic N) is 2. The fraction of sp³-hybridized carbons (Fsp3) is 0.267. The summed E-state index contributed by atoms with van der Waals surface area (Å²) in [5.41, 5.74) is 1.08. The Bertz CT molecular complexity index is 843. The van der Waals surface area contributed by atoms with Crippen molar-refractivity contribution in [3.05, 3.63) is 45.2 Å². The summed E-state index contributed by atoms with van der Waals surface area (Å²) in [6.07, 6.45) is 3.12. The summed E-state index contributed by atoms with van der Waals surface area (Å²) >= 11 is 0. The van der Waals surface area contributed by atoms with Gasteiger partial charge in [0, 0.05) is 12.2 Å². The molecule has 20 heavy (non-hydrogen) atoms. The third-order valence-corrected chi connectivity index (χ3v) is 3.92. The van der Waals surface area contributed by atoms with E-state index in [0.29, 0.717) is 5.52 Å². The molecule has 1 unspecified atom stereocenters. The Balaban J connectivity index is 2.59. The second-order valence-corrected chi connectivity index (χ2v) is 5.08. The molecule has 1 N–H and O–H groups in total. The number of aromatic nitrogens is 1. The molecule has 0 aliphatic carbocycles. The number of carbonyl (C=O) groups is 1. The van der Waals surface area contributed by atoms with E-state index in [-0.39, 0.29) is 22.6 Å². The number of nitriles is 1. The molecule has 1 aromatic carbocycles. The second kappa shape index (κ2) is 4.20. The Morgan fingerprint density at radius 3 is 2.90 bits per heavy atom. The SMILES string of the molecule is CC1CCc2ccc(C#N)c3c(=O)c(C(=O)O)cn1c23. The first-order valence-electron chi connectivity index (χ1n) is 6.38. The van der Waals surface area contributed by atoms with Gasteiger partial charge in [0.15, 0.2) is 0 Å². The molecule has 0 saturated heterocycles. The lowest BCUT2D eigenvalue weighted by Crippen LogP contribution is -2.24. The number of aromatic carboxylic acids is 1. The molecule has 2 heterocycles. The first kappa shape index (κ1) is 12.4. The van der Waals surface area contributed by atoms with Crippen molar-refractivity contribution < 1.29 is 9.90 Å². The number of hydrogen-bond donors (Lipinski definition) is 1. The van der Waals surface area contributed by atoms with Crippen LogP contribution in [0.5, 0.6) is 0 Å². The van der Waals surface area contributed by atoms with Crippen molar-refractivity contribution in [3.63, 3.8) is 0 Å². The summed E-state index contributed by atoms with van der Waals surface area (Å²) < 4.78 is 1.82. The number of aryl methyl sites for hydroxylation is 1. The number of pyridine rings is 1. The zero-order chi connectivity index (χ0) is 14.4. The van der Waals surface area contributed by atoms with E-state index in [1.165, 1.54) is 6.20 Å². The van der Waals surface area contributed by atoms with Gasteiger partial charge in [-0.15, -0.1) is 0 Å². The molecule has 0 spiro atoms.